The molecule has 2 aromatic carbocycles. The fraction of sp³-hybridized carbons (Fsp3) is 0.391. The van der Waals surface area contributed by atoms with E-state index in [4.69, 9.17) is 39.2 Å². The van der Waals surface area contributed by atoms with Crippen molar-refractivity contribution in [2.45, 2.75) is 99.4 Å². The number of hydrogen-bond acceptors (Lipinski definition) is 16. The van der Waals surface area contributed by atoms with Gasteiger partial charge in [-0.05, 0) is 64.8 Å². The molecule has 366 valence electrons. The number of esters is 1. The van der Waals surface area contributed by atoms with Gasteiger partial charge < -0.3 is 53.7 Å². The van der Waals surface area contributed by atoms with Crippen LogP contribution in [0.1, 0.15) is 113 Å². The predicted molar refractivity (Wildman–Crippen MR) is 249 cm³/mol. The van der Waals surface area contributed by atoms with Gasteiger partial charge >= 0.3 is 12.1 Å². The van der Waals surface area contributed by atoms with Crippen LogP contribution < -0.4 is 36.9 Å². The molecule has 23 heteroatoms. The molecule has 6 aromatic rings. The number of amides is 5. The first-order valence-electron chi connectivity index (χ1n) is 21.9. The van der Waals surface area contributed by atoms with Crippen molar-refractivity contribution in [1.29, 1.82) is 0 Å². The second kappa shape index (κ2) is 21.2. The smallest absolute Gasteiger partial charge is 0.408 e. The van der Waals surface area contributed by atoms with Gasteiger partial charge in [-0.3, -0.25) is 29.8 Å². The number of aromatic nitrogens is 6. The summed E-state index contributed by atoms with van der Waals surface area (Å²) >= 11 is 0. The van der Waals surface area contributed by atoms with Crippen LogP contribution in [-0.2, 0) is 40.2 Å². The van der Waals surface area contributed by atoms with E-state index in [9.17, 15) is 28.8 Å². The second-order valence-corrected chi connectivity index (χ2v) is 16.6. The zero-order valence-electron chi connectivity index (χ0n) is 39.7. The maximum Gasteiger partial charge on any atom is 0.408 e. The van der Waals surface area contributed by atoms with Crippen LogP contribution in [0, 0.1) is 13.8 Å². The minimum Gasteiger partial charge on any atom is -0.494 e. The number of rotatable bonds is 20. The number of ether oxygens (including phenoxy) is 4. The first-order valence-corrected chi connectivity index (χ1v) is 21.9. The van der Waals surface area contributed by atoms with Crippen molar-refractivity contribution in [1.82, 2.24) is 34.4 Å². The SMILES string of the molecule is CCc1nc(C)oc1C(=O)Nc1nc2cc(C(N)=O)cc(OC)c2n1C/C=C/Cn1c(NC(=O)c2oc(C)nc2CC)nc2cc(C(N)=O)cc(OCCCOC(=O)[C@H](C)NC(=O)OC(C)(C)C)c21. The van der Waals surface area contributed by atoms with Crippen LogP contribution in [-0.4, -0.2) is 96.7 Å². The number of anilines is 2. The quantitative estimate of drug-likeness (QED) is 0.0368. The Morgan fingerprint density at radius 1 is 0.739 bits per heavy atom. The maximum atomic E-state index is 13.8. The van der Waals surface area contributed by atoms with E-state index in [1.54, 1.807) is 55.9 Å². The molecule has 0 saturated carbocycles. The number of allylic oxidation sites excluding steroid dienone is 2. The Hall–Kier alpha value is -8.24. The zero-order chi connectivity index (χ0) is 50.3. The molecule has 23 nitrogen and oxygen atoms in total. The number of nitrogens with two attached hydrogens (primary N) is 2. The molecule has 0 radical (unpaired) electrons. The minimum atomic E-state index is -0.995. The Kier molecular flexibility index (Phi) is 15.4. The van der Waals surface area contributed by atoms with Crippen LogP contribution in [0.25, 0.3) is 22.1 Å². The van der Waals surface area contributed by atoms with Gasteiger partial charge in [0.1, 0.15) is 34.2 Å². The maximum absolute atomic E-state index is 13.8. The molecule has 0 aliphatic carbocycles. The van der Waals surface area contributed by atoms with Crippen molar-refractivity contribution >= 4 is 69.7 Å². The molecule has 4 aromatic heterocycles. The van der Waals surface area contributed by atoms with Crippen molar-refractivity contribution in [3.05, 3.63) is 82.2 Å². The van der Waals surface area contributed by atoms with E-state index < -0.39 is 47.3 Å². The van der Waals surface area contributed by atoms with Gasteiger partial charge in [0.15, 0.2) is 11.8 Å². The van der Waals surface area contributed by atoms with Gasteiger partial charge in [-0.25, -0.2) is 29.5 Å². The average molecular weight is 954 g/mol. The monoisotopic (exact) mass is 953 g/mol. The van der Waals surface area contributed by atoms with Gasteiger partial charge in [0.05, 0.1) is 42.7 Å². The van der Waals surface area contributed by atoms with Crippen LogP contribution in [0.15, 0.2) is 45.3 Å². The van der Waals surface area contributed by atoms with Crippen molar-refractivity contribution in [3.63, 3.8) is 0 Å². The fourth-order valence-corrected chi connectivity index (χ4v) is 7.09. The number of fused-ring (bicyclic) bond motifs is 2. The van der Waals surface area contributed by atoms with Gasteiger partial charge in [-0.1, -0.05) is 26.0 Å². The molecule has 0 fully saturated rings. The zero-order valence-corrected chi connectivity index (χ0v) is 39.7. The highest BCUT2D eigenvalue weighted by molar-refractivity contribution is 6.05. The molecule has 5 amide bonds. The number of alkyl carbamates (subject to hydrolysis) is 1. The summed E-state index contributed by atoms with van der Waals surface area (Å²) in [6, 6.07) is 4.84. The highest BCUT2D eigenvalue weighted by atomic mass is 16.6. The molecule has 1 atom stereocenters. The van der Waals surface area contributed by atoms with E-state index in [2.05, 4.69) is 35.9 Å². The molecule has 6 rings (SSSR count). The summed E-state index contributed by atoms with van der Waals surface area (Å²) in [7, 11) is 1.42. The summed E-state index contributed by atoms with van der Waals surface area (Å²) in [5, 5.41) is 8.06. The third-order valence-corrected chi connectivity index (χ3v) is 10.2. The Morgan fingerprint density at radius 3 is 1.67 bits per heavy atom. The number of methoxy groups -OCH3 is 1. The number of primary amides is 2. The first-order chi connectivity index (χ1) is 32.7. The molecular weight excluding hydrogens is 899 g/mol. The summed E-state index contributed by atoms with van der Waals surface area (Å²) in [5.74, 6) is -2.28. The number of nitrogens with zero attached hydrogens (tertiary/aromatic N) is 6. The Bertz CT molecular complexity index is 2970. The van der Waals surface area contributed by atoms with Gasteiger partial charge in [0, 0.05) is 44.5 Å². The van der Waals surface area contributed by atoms with E-state index in [1.165, 1.54) is 38.3 Å². The molecule has 0 bridgehead atoms. The number of aryl methyl sites for hydroxylation is 4. The van der Waals surface area contributed by atoms with Crippen molar-refractivity contribution in [3.8, 4) is 11.5 Å². The second-order valence-electron chi connectivity index (χ2n) is 16.6. The molecule has 0 aliphatic rings. The van der Waals surface area contributed by atoms with Gasteiger partial charge in [0.25, 0.3) is 11.8 Å². The molecule has 69 heavy (non-hydrogen) atoms. The lowest BCUT2D eigenvalue weighted by Crippen LogP contribution is -2.42. The predicted octanol–water partition coefficient (Wildman–Crippen LogP) is 5.30. The summed E-state index contributed by atoms with van der Waals surface area (Å²) in [6.45, 7) is 13.5. The third kappa shape index (κ3) is 11.8. The van der Waals surface area contributed by atoms with Crippen LogP contribution >= 0.6 is 0 Å². The highest BCUT2D eigenvalue weighted by Gasteiger charge is 2.26. The van der Waals surface area contributed by atoms with Crippen molar-refractivity contribution in [2.75, 3.05) is 31.0 Å². The van der Waals surface area contributed by atoms with E-state index >= 15 is 0 Å². The Balaban J connectivity index is 1.33. The van der Waals surface area contributed by atoms with E-state index in [0.29, 0.717) is 52.6 Å². The summed E-state index contributed by atoms with van der Waals surface area (Å²) in [6.07, 6.45) is 3.76. The number of imidazole rings is 2. The highest BCUT2D eigenvalue weighted by Crippen LogP contribution is 2.33. The molecule has 0 aliphatic heterocycles. The average Bonchev–Trinajstić information content (AvgIpc) is 4.05. The normalized spacial score (nSPS) is 12.0. The molecule has 0 unspecified atom stereocenters. The lowest BCUT2D eigenvalue weighted by atomic mass is 10.1. The summed E-state index contributed by atoms with van der Waals surface area (Å²) in [4.78, 5) is 95.0. The minimum absolute atomic E-state index is 0.00911. The number of benzene rings is 2. The van der Waals surface area contributed by atoms with Crippen LogP contribution in [0.4, 0.5) is 16.7 Å². The van der Waals surface area contributed by atoms with Crippen molar-refractivity contribution in [2.24, 2.45) is 11.5 Å². The van der Waals surface area contributed by atoms with E-state index in [0.717, 1.165) is 0 Å². The standard InChI is InChI=1S/C46H55N11O12/c1-10-28-36(67-24(4)50-28)40(60)54-43-52-30-19-26(38(47)58)21-32(64-9)34(30)56(43)15-12-13-16-57-35-31(53-44(57)55-41(61)37-29(11-2)51-25(5)68-37)20-27(39(48)59)22-33(35)65-17-14-18-66-42(62)23(3)49-45(63)69-46(6,7)8/h12-13,19-23H,10-11,14-18H2,1-9H3,(H2,47,58)(H2,48,59)(H,49,63)(H,52,54,60)(H,53,55,61)/b13-12+/t23-/m0/s1. The molecule has 7 N–H and O–H groups in total. The molecule has 0 saturated heterocycles. The number of nitrogens with one attached hydrogen (secondary N) is 3. The van der Waals surface area contributed by atoms with Gasteiger partial charge in [-0.15, -0.1) is 0 Å². The van der Waals surface area contributed by atoms with Crippen LogP contribution in [0.5, 0.6) is 11.5 Å². The Morgan fingerprint density at radius 2 is 1.22 bits per heavy atom. The molecule has 0 spiro atoms. The first kappa shape index (κ1) is 50.2. The number of oxazole rings is 2. The number of hydrogen-bond donors (Lipinski definition) is 5. The largest absolute Gasteiger partial charge is 0.494 e. The third-order valence-electron chi connectivity index (χ3n) is 10.2. The lowest BCUT2D eigenvalue weighted by Gasteiger charge is -2.21. The number of carbonyl (C=O) groups excluding carboxylic acids is 6. The van der Waals surface area contributed by atoms with Crippen LogP contribution in [0.2, 0.25) is 0 Å². The van der Waals surface area contributed by atoms with Gasteiger partial charge in [-0.2, -0.15) is 0 Å². The van der Waals surface area contributed by atoms with Crippen molar-refractivity contribution < 1.29 is 56.5 Å². The van der Waals surface area contributed by atoms with E-state index in [-0.39, 0.29) is 84.3 Å². The molecular formula is C46H55N11O12. The van der Waals surface area contributed by atoms with Crippen LogP contribution in [0.3, 0.4) is 0 Å². The molecule has 4 heterocycles. The fourth-order valence-electron chi connectivity index (χ4n) is 7.09. The summed E-state index contributed by atoms with van der Waals surface area (Å²) in [5.41, 5.74) is 13.0. The van der Waals surface area contributed by atoms with E-state index in [1.807, 2.05) is 13.8 Å². The topological polar surface area (TPSA) is 315 Å². The number of carbonyl (C=O) groups is 6. The summed E-state index contributed by atoms with van der Waals surface area (Å²) < 4.78 is 37.0. The van der Waals surface area contributed by atoms with Gasteiger partial charge in [0.2, 0.25) is 35.2 Å². The lowest BCUT2D eigenvalue weighted by molar-refractivity contribution is -0.145. The Labute approximate surface area is 395 Å².